The molecule has 3 aromatic rings. The van der Waals surface area contributed by atoms with Crippen molar-refractivity contribution in [2.75, 3.05) is 6.61 Å². The third-order valence-electron chi connectivity index (χ3n) is 4.83. The fraction of sp³-hybridized carbons (Fsp3) is 0.423. The number of carbonyl (C=O) groups excluding carboxylic acids is 1. The number of carbonyl (C=O) groups is 1. The van der Waals surface area contributed by atoms with Crippen LogP contribution >= 0.6 is 0 Å². The Kier molecular flexibility index (Phi) is 7.74. The zero-order valence-electron chi connectivity index (χ0n) is 20.2. The van der Waals surface area contributed by atoms with E-state index in [0.717, 1.165) is 28.8 Å². The lowest BCUT2D eigenvalue weighted by Gasteiger charge is -2.25. The molecule has 0 aliphatic carbocycles. The van der Waals surface area contributed by atoms with E-state index in [-0.39, 0.29) is 6.04 Å². The van der Waals surface area contributed by atoms with Crippen molar-refractivity contribution in [3.63, 3.8) is 0 Å². The molecule has 0 aliphatic heterocycles. The number of pyridine rings is 1. The zero-order chi connectivity index (χ0) is 24.0. The van der Waals surface area contributed by atoms with Gasteiger partial charge in [0.05, 0.1) is 17.8 Å². The average molecular weight is 452 g/mol. The molecule has 0 spiro atoms. The largest absolute Gasteiger partial charge is 0.491 e. The minimum atomic E-state index is -0.562. The summed E-state index contributed by atoms with van der Waals surface area (Å²) >= 11 is 0. The molecule has 7 heteroatoms. The van der Waals surface area contributed by atoms with E-state index in [1.807, 2.05) is 58.0 Å². The molecule has 3 rings (SSSR count). The molecule has 0 saturated carbocycles. The average Bonchev–Trinajstić information content (AvgIpc) is 3.25. The van der Waals surface area contributed by atoms with E-state index >= 15 is 0 Å². The maximum absolute atomic E-state index is 12.3. The van der Waals surface area contributed by atoms with E-state index in [0.29, 0.717) is 24.0 Å². The third kappa shape index (κ3) is 7.34. The minimum absolute atomic E-state index is 0.204. The Morgan fingerprint density at radius 2 is 1.85 bits per heavy atom. The topological polar surface area (TPSA) is 86.5 Å². The molecule has 176 valence electrons. The summed E-state index contributed by atoms with van der Waals surface area (Å²) in [7, 11) is 0. The highest BCUT2D eigenvalue weighted by Gasteiger charge is 2.21. The molecule has 1 amide bonds. The van der Waals surface area contributed by atoms with Gasteiger partial charge in [-0.2, -0.15) is 0 Å². The predicted molar refractivity (Wildman–Crippen MR) is 128 cm³/mol. The number of nitrogens with zero attached hydrogens (tertiary/aromatic N) is 2. The molecule has 1 N–H and O–H groups in total. The smallest absolute Gasteiger partial charge is 0.407 e. The van der Waals surface area contributed by atoms with Gasteiger partial charge in [-0.25, -0.2) is 4.79 Å². The van der Waals surface area contributed by atoms with E-state index < -0.39 is 11.7 Å². The van der Waals surface area contributed by atoms with Crippen LogP contribution < -0.4 is 10.1 Å². The van der Waals surface area contributed by atoms with E-state index in [1.165, 1.54) is 0 Å². The van der Waals surface area contributed by atoms with E-state index in [9.17, 15) is 4.79 Å². The van der Waals surface area contributed by atoms with Crippen molar-refractivity contribution in [3.05, 3.63) is 54.5 Å². The van der Waals surface area contributed by atoms with Gasteiger partial charge in [-0.3, -0.25) is 4.98 Å². The van der Waals surface area contributed by atoms with Crippen LogP contribution in [0.3, 0.4) is 0 Å². The highest BCUT2D eigenvalue weighted by atomic mass is 16.6. The minimum Gasteiger partial charge on any atom is -0.491 e. The molecule has 7 nitrogen and oxygen atoms in total. The molecular weight excluding hydrogens is 418 g/mol. The Bertz CT molecular complexity index is 1060. The Morgan fingerprint density at radius 1 is 1.09 bits per heavy atom. The molecule has 0 radical (unpaired) electrons. The van der Waals surface area contributed by atoms with Crippen LogP contribution in [0.1, 0.15) is 46.7 Å². The van der Waals surface area contributed by atoms with Crippen LogP contribution in [-0.2, 0) is 4.74 Å². The van der Waals surface area contributed by atoms with Gasteiger partial charge in [0, 0.05) is 18.0 Å². The number of benzene rings is 1. The summed E-state index contributed by atoms with van der Waals surface area (Å²) in [6, 6.07) is 11.5. The second-order valence-electron chi connectivity index (χ2n) is 9.56. The summed E-state index contributed by atoms with van der Waals surface area (Å²) in [5.74, 6) is 1.64. The Labute approximate surface area is 195 Å². The maximum atomic E-state index is 12.3. The lowest BCUT2D eigenvalue weighted by atomic mass is 10.0. The first-order valence-corrected chi connectivity index (χ1v) is 11.2. The number of hydrogen-bond donors (Lipinski definition) is 1. The van der Waals surface area contributed by atoms with Crippen LogP contribution in [0.15, 0.2) is 53.3 Å². The number of alkyl carbamates (subject to hydrolysis) is 1. The van der Waals surface area contributed by atoms with E-state index in [4.69, 9.17) is 14.0 Å². The first kappa shape index (κ1) is 24.3. The number of ether oxygens (including phenoxy) is 2. The fourth-order valence-corrected chi connectivity index (χ4v) is 3.51. The Hall–Kier alpha value is -3.35. The molecule has 2 aromatic heterocycles. The zero-order valence-corrected chi connectivity index (χ0v) is 20.2. The van der Waals surface area contributed by atoms with Crippen molar-refractivity contribution in [2.45, 2.75) is 59.6 Å². The van der Waals surface area contributed by atoms with Gasteiger partial charge in [0.15, 0.2) is 5.76 Å². The van der Waals surface area contributed by atoms with Crippen LogP contribution in [0.5, 0.6) is 5.75 Å². The highest BCUT2D eigenvalue weighted by Crippen LogP contribution is 2.34. The van der Waals surface area contributed by atoms with Gasteiger partial charge in [-0.1, -0.05) is 25.1 Å². The summed E-state index contributed by atoms with van der Waals surface area (Å²) < 4.78 is 17.1. The van der Waals surface area contributed by atoms with E-state index in [1.54, 1.807) is 18.5 Å². The van der Waals surface area contributed by atoms with Crippen LogP contribution in [-0.4, -0.2) is 34.5 Å². The number of hydrogen-bond acceptors (Lipinski definition) is 6. The second kappa shape index (κ2) is 10.5. The van der Waals surface area contributed by atoms with Gasteiger partial charge in [0.25, 0.3) is 0 Å². The van der Waals surface area contributed by atoms with Crippen molar-refractivity contribution in [2.24, 2.45) is 5.92 Å². The molecule has 0 fully saturated rings. The molecule has 2 heterocycles. The molecule has 0 aliphatic rings. The molecule has 1 aromatic carbocycles. The normalized spacial score (nSPS) is 12.5. The Balaban J connectivity index is 1.82. The van der Waals surface area contributed by atoms with Gasteiger partial charge < -0.3 is 19.3 Å². The number of aromatic nitrogens is 2. The number of aryl methyl sites for hydroxylation is 1. The summed E-state index contributed by atoms with van der Waals surface area (Å²) in [6.45, 7) is 12.0. The number of nitrogens with one attached hydrogen (secondary N) is 1. The monoisotopic (exact) mass is 451 g/mol. The van der Waals surface area contributed by atoms with Crippen molar-refractivity contribution < 1.29 is 18.8 Å². The Morgan fingerprint density at radius 3 is 2.48 bits per heavy atom. The van der Waals surface area contributed by atoms with Crippen molar-refractivity contribution in [1.82, 2.24) is 15.5 Å². The van der Waals surface area contributed by atoms with Gasteiger partial charge in [-0.15, -0.1) is 0 Å². The summed E-state index contributed by atoms with van der Waals surface area (Å²) in [5.41, 5.74) is 3.25. The highest BCUT2D eigenvalue weighted by molar-refractivity contribution is 5.75. The fourth-order valence-electron chi connectivity index (χ4n) is 3.51. The second-order valence-corrected chi connectivity index (χ2v) is 9.56. The van der Waals surface area contributed by atoms with Gasteiger partial charge in [-0.05, 0) is 75.4 Å². The van der Waals surface area contributed by atoms with E-state index in [2.05, 4.69) is 29.3 Å². The van der Waals surface area contributed by atoms with Gasteiger partial charge in [0.2, 0.25) is 0 Å². The van der Waals surface area contributed by atoms with Crippen LogP contribution in [0.25, 0.3) is 22.5 Å². The standard InChI is InChI=1S/C26H33N3O4/c1-17(2)13-21(29-25(30)32-26(4,5)6)16-31-23-8-7-19(20-9-11-27-18(3)14-20)15-22(23)24-10-12-28-33-24/h7-12,14-15,17,21H,13,16H2,1-6H3,(H,29,30). The van der Waals surface area contributed by atoms with Crippen LogP contribution in [0, 0.1) is 12.8 Å². The van der Waals surface area contributed by atoms with Crippen molar-refractivity contribution in [1.29, 1.82) is 0 Å². The third-order valence-corrected chi connectivity index (χ3v) is 4.83. The van der Waals surface area contributed by atoms with Gasteiger partial charge >= 0.3 is 6.09 Å². The lowest BCUT2D eigenvalue weighted by molar-refractivity contribution is 0.0480. The van der Waals surface area contributed by atoms with Crippen LogP contribution in [0.2, 0.25) is 0 Å². The SMILES string of the molecule is Cc1cc(-c2ccc(OCC(CC(C)C)NC(=O)OC(C)(C)C)c(-c3ccno3)c2)ccn1. The molecule has 1 atom stereocenters. The predicted octanol–water partition coefficient (Wildman–Crippen LogP) is 6.03. The summed E-state index contributed by atoms with van der Waals surface area (Å²) in [5, 5.41) is 6.79. The molecular formula is C26H33N3O4. The summed E-state index contributed by atoms with van der Waals surface area (Å²) in [6.07, 6.45) is 3.71. The van der Waals surface area contributed by atoms with Crippen LogP contribution in [0.4, 0.5) is 4.79 Å². The quantitative estimate of drug-likeness (QED) is 0.450. The summed E-state index contributed by atoms with van der Waals surface area (Å²) in [4.78, 5) is 16.6. The molecule has 0 saturated heterocycles. The lowest BCUT2D eigenvalue weighted by Crippen LogP contribution is -2.42. The number of amides is 1. The number of rotatable bonds is 8. The molecule has 0 bridgehead atoms. The molecule has 33 heavy (non-hydrogen) atoms. The van der Waals surface area contributed by atoms with Crippen molar-refractivity contribution in [3.8, 4) is 28.2 Å². The first-order valence-electron chi connectivity index (χ1n) is 11.2. The van der Waals surface area contributed by atoms with Gasteiger partial charge in [0.1, 0.15) is 18.0 Å². The first-order chi connectivity index (χ1) is 15.6. The molecule has 1 unspecified atom stereocenters. The maximum Gasteiger partial charge on any atom is 0.407 e. The van der Waals surface area contributed by atoms with Crippen molar-refractivity contribution >= 4 is 6.09 Å².